The number of aliphatic hydroxyl groups excluding tert-OH is 1. The fraction of sp³-hybridized carbons (Fsp3) is 0.455. The van der Waals surface area contributed by atoms with Gasteiger partial charge in [-0.2, -0.15) is 0 Å². The summed E-state index contributed by atoms with van der Waals surface area (Å²) < 4.78 is 10.6. The highest BCUT2D eigenvalue weighted by molar-refractivity contribution is 5.60. The molecule has 1 aliphatic heterocycles. The maximum absolute atomic E-state index is 8.68. The molecule has 0 fully saturated rings. The van der Waals surface area contributed by atoms with Gasteiger partial charge in [0.15, 0.2) is 11.5 Å². The van der Waals surface area contributed by atoms with Crippen LogP contribution in [0, 0.1) is 6.92 Å². The monoisotopic (exact) mass is 209 g/mol. The second kappa shape index (κ2) is 4.40. The quantitative estimate of drug-likeness (QED) is 0.738. The number of hydrogen-bond acceptors (Lipinski definition) is 4. The average Bonchev–Trinajstić information content (AvgIpc) is 2.65. The van der Waals surface area contributed by atoms with Crippen molar-refractivity contribution in [2.24, 2.45) is 0 Å². The second-order valence-corrected chi connectivity index (χ2v) is 3.52. The largest absolute Gasteiger partial charge is 0.454 e. The average molecular weight is 209 g/mol. The molecule has 0 aromatic heterocycles. The number of nitrogens with one attached hydrogen (secondary N) is 1. The van der Waals surface area contributed by atoms with Crippen LogP contribution in [0.3, 0.4) is 0 Å². The third-order valence-electron chi connectivity index (χ3n) is 2.37. The van der Waals surface area contributed by atoms with Crippen LogP contribution in [-0.4, -0.2) is 25.1 Å². The van der Waals surface area contributed by atoms with Crippen LogP contribution in [0.25, 0.3) is 0 Å². The number of ether oxygens (including phenoxy) is 2. The molecule has 4 nitrogen and oxygen atoms in total. The highest BCUT2D eigenvalue weighted by atomic mass is 16.7. The van der Waals surface area contributed by atoms with E-state index in [4.69, 9.17) is 14.6 Å². The lowest BCUT2D eigenvalue weighted by molar-refractivity contribution is 0.174. The predicted molar refractivity (Wildman–Crippen MR) is 57.5 cm³/mol. The van der Waals surface area contributed by atoms with Crippen molar-refractivity contribution in [1.29, 1.82) is 0 Å². The van der Waals surface area contributed by atoms with Crippen LogP contribution in [-0.2, 0) is 0 Å². The number of aliphatic hydroxyl groups is 1. The maximum Gasteiger partial charge on any atom is 0.231 e. The molecule has 82 valence electrons. The Morgan fingerprint density at radius 1 is 1.33 bits per heavy atom. The molecule has 1 heterocycles. The van der Waals surface area contributed by atoms with Crippen LogP contribution in [0.4, 0.5) is 5.69 Å². The minimum absolute atomic E-state index is 0.205. The summed E-state index contributed by atoms with van der Waals surface area (Å²) in [7, 11) is 0. The molecule has 0 amide bonds. The summed E-state index contributed by atoms with van der Waals surface area (Å²) >= 11 is 0. The van der Waals surface area contributed by atoms with Crippen molar-refractivity contribution in [2.45, 2.75) is 13.3 Å². The Morgan fingerprint density at radius 2 is 2.07 bits per heavy atom. The maximum atomic E-state index is 8.68. The van der Waals surface area contributed by atoms with Crippen LogP contribution < -0.4 is 14.8 Å². The minimum Gasteiger partial charge on any atom is -0.454 e. The van der Waals surface area contributed by atoms with Gasteiger partial charge in [0.1, 0.15) is 0 Å². The molecule has 0 unspecified atom stereocenters. The van der Waals surface area contributed by atoms with Gasteiger partial charge in [-0.1, -0.05) is 0 Å². The molecule has 15 heavy (non-hydrogen) atoms. The first kappa shape index (κ1) is 10.1. The molecule has 0 radical (unpaired) electrons. The fourth-order valence-electron chi connectivity index (χ4n) is 1.54. The van der Waals surface area contributed by atoms with Gasteiger partial charge in [-0.3, -0.25) is 0 Å². The molecular weight excluding hydrogens is 194 g/mol. The predicted octanol–water partition coefficient (Wildman–Crippen LogP) is 1.52. The standard InChI is InChI=1S/C11H15NO3/c1-8-5-10-11(15-7-14-10)6-9(8)12-3-2-4-13/h5-6,12-13H,2-4,7H2,1H3. The first-order chi connectivity index (χ1) is 7.31. The topological polar surface area (TPSA) is 50.7 Å². The lowest BCUT2D eigenvalue weighted by Gasteiger charge is -2.09. The Bertz CT molecular complexity index is 352. The van der Waals surface area contributed by atoms with Gasteiger partial charge in [0.25, 0.3) is 0 Å². The first-order valence-electron chi connectivity index (χ1n) is 5.06. The van der Waals surface area contributed by atoms with Crippen LogP contribution in [0.15, 0.2) is 12.1 Å². The minimum atomic E-state index is 0.205. The van der Waals surface area contributed by atoms with E-state index in [1.54, 1.807) is 0 Å². The fourth-order valence-corrected chi connectivity index (χ4v) is 1.54. The van der Waals surface area contributed by atoms with Gasteiger partial charge < -0.3 is 19.9 Å². The highest BCUT2D eigenvalue weighted by Gasteiger charge is 2.15. The molecule has 1 aromatic rings. The zero-order valence-electron chi connectivity index (χ0n) is 8.75. The normalized spacial score (nSPS) is 12.9. The molecule has 2 N–H and O–H groups in total. The summed E-state index contributed by atoms with van der Waals surface area (Å²) in [4.78, 5) is 0. The number of fused-ring (bicyclic) bond motifs is 1. The van der Waals surface area contributed by atoms with Gasteiger partial charge in [-0.15, -0.1) is 0 Å². The van der Waals surface area contributed by atoms with Crippen molar-refractivity contribution in [1.82, 2.24) is 0 Å². The van der Waals surface area contributed by atoms with Crippen molar-refractivity contribution in [3.8, 4) is 11.5 Å². The summed E-state index contributed by atoms with van der Waals surface area (Å²) in [6.45, 7) is 3.28. The lowest BCUT2D eigenvalue weighted by Crippen LogP contribution is -2.04. The van der Waals surface area contributed by atoms with Crippen LogP contribution in [0.1, 0.15) is 12.0 Å². The summed E-state index contributed by atoms with van der Waals surface area (Å²) in [5.74, 6) is 1.59. The SMILES string of the molecule is Cc1cc2c(cc1NCCCO)OCO2. The van der Waals surface area contributed by atoms with E-state index in [2.05, 4.69) is 5.32 Å². The van der Waals surface area contributed by atoms with E-state index in [0.29, 0.717) is 6.79 Å². The third kappa shape index (κ3) is 2.15. The molecule has 0 atom stereocenters. The summed E-state index contributed by atoms with van der Waals surface area (Å²) in [5, 5.41) is 11.9. The Hall–Kier alpha value is -1.42. The Morgan fingerprint density at radius 3 is 2.80 bits per heavy atom. The molecule has 0 bridgehead atoms. The van der Waals surface area contributed by atoms with Crippen molar-refractivity contribution in [2.75, 3.05) is 25.3 Å². The molecule has 1 aromatic carbocycles. The van der Waals surface area contributed by atoms with E-state index in [1.165, 1.54) is 0 Å². The van der Waals surface area contributed by atoms with E-state index in [-0.39, 0.29) is 6.61 Å². The smallest absolute Gasteiger partial charge is 0.231 e. The molecule has 0 saturated heterocycles. The van der Waals surface area contributed by atoms with Gasteiger partial charge in [0.05, 0.1) is 0 Å². The van der Waals surface area contributed by atoms with Gasteiger partial charge in [-0.05, 0) is 25.0 Å². The molecule has 1 aliphatic rings. The number of rotatable bonds is 4. The van der Waals surface area contributed by atoms with Gasteiger partial charge in [0, 0.05) is 24.9 Å². The van der Waals surface area contributed by atoms with Crippen molar-refractivity contribution < 1.29 is 14.6 Å². The van der Waals surface area contributed by atoms with Crippen molar-refractivity contribution in [3.05, 3.63) is 17.7 Å². The van der Waals surface area contributed by atoms with E-state index >= 15 is 0 Å². The van der Waals surface area contributed by atoms with Gasteiger partial charge in [-0.25, -0.2) is 0 Å². The third-order valence-corrected chi connectivity index (χ3v) is 2.37. The lowest BCUT2D eigenvalue weighted by atomic mass is 10.1. The van der Waals surface area contributed by atoms with Gasteiger partial charge >= 0.3 is 0 Å². The number of hydrogen-bond donors (Lipinski definition) is 2. The summed E-state index contributed by atoms with van der Waals surface area (Å²) in [5.41, 5.74) is 2.16. The molecule has 0 saturated carbocycles. The molecule has 2 rings (SSSR count). The number of aryl methyl sites for hydroxylation is 1. The zero-order valence-corrected chi connectivity index (χ0v) is 8.75. The Labute approximate surface area is 88.8 Å². The second-order valence-electron chi connectivity index (χ2n) is 3.52. The molecule has 4 heteroatoms. The highest BCUT2D eigenvalue weighted by Crippen LogP contribution is 2.36. The van der Waals surface area contributed by atoms with Crippen LogP contribution >= 0.6 is 0 Å². The van der Waals surface area contributed by atoms with Crippen molar-refractivity contribution >= 4 is 5.69 Å². The number of benzene rings is 1. The summed E-state index contributed by atoms with van der Waals surface area (Å²) in [6.07, 6.45) is 0.744. The zero-order chi connectivity index (χ0) is 10.7. The molecular formula is C11H15NO3. The Balaban J connectivity index is 2.10. The van der Waals surface area contributed by atoms with Crippen LogP contribution in [0.5, 0.6) is 11.5 Å². The van der Waals surface area contributed by atoms with Gasteiger partial charge in [0.2, 0.25) is 6.79 Å². The molecule has 0 spiro atoms. The Kier molecular flexibility index (Phi) is 2.97. The molecule has 0 aliphatic carbocycles. The van der Waals surface area contributed by atoms with Crippen molar-refractivity contribution in [3.63, 3.8) is 0 Å². The van der Waals surface area contributed by atoms with E-state index in [9.17, 15) is 0 Å². The number of anilines is 1. The van der Waals surface area contributed by atoms with E-state index in [1.807, 2.05) is 19.1 Å². The van der Waals surface area contributed by atoms with E-state index in [0.717, 1.165) is 35.7 Å². The summed E-state index contributed by atoms with van der Waals surface area (Å²) in [6, 6.07) is 3.90. The van der Waals surface area contributed by atoms with Crippen LogP contribution in [0.2, 0.25) is 0 Å². The first-order valence-corrected chi connectivity index (χ1v) is 5.06. The van der Waals surface area contributed by atoms with E-state index < -0.39 is 0 Å².